The molecule has 2 aromatic rings. The predicted octanol–water partition coefficient (Wildman–Crippen LogP) is 3.05. The Kier molecular flexibility index (Phi) is 7.93. The van der Waals surface area contributed by atoms with Gasteiger partial charge in [-0.05, 0) is 36.2 Å². The molecule has 0 spiro atoms. The topological polar surface area (TPSA) is 71.6 Å². The number of rotatable bonds is 8. The molecule has 2 aliphatic heterocycles. The summed E-state index contributed by atoms with van der Waals surface area (Å²) >= 11 is 0. The van der Waals surface area contributed by atoms with E-state index < -0.39 is 6.04 Å². The monoisotopic (exact) mass is 481 g/mol. The van der Waals surface area contributed by atoms with Crippen LogP contribution in [0.5, 0.6) is 11.5 Å². The van der Waals surface area contributed by atoms with Crippen molar-refractivity contribution in [2.24, 2.45) is 5.92 Å². The molecule has 0 bridgehead atoms. The van der Waals surface area contributed by atoms with Gasteiger partial charge in [0.15, 0.2) is 0 Å². The van der Waals surface area contributed by atoms with Crippen LogP contribution in [0.2, 0.25) is 0 Å². The second kappa shape index (κ2) is 11.1. The summed E-state index contributed by atoms with van der Waals surface area (Å²) in [6.45, 7) is 8.55. The third kappa shape index (κ3) is 5.28. The Labute approximate surface area is 207 Å². The molecule has 8 nitrogen and oxygen atoms in total. The lowest BCUT2D eigenvalue weighted by Crippen LogP contribution is -2.52. The number of morpholine rings is 1. The van der Waals surface area contributed by atoms with Gasteiger partial charge in [0.25, 0.3) is 5.91 Å². The van der Waals surface area contributed by atoms with Gasteiger partial charge in [0.05, 0.1) is 45.2 Å². The zero-order valence-electron chi connectivity index (χ0n) is 21.0. The average Bonchev–Trinajstić information content (AvgIpc) is 2.96. The average molecular weight is 482 g/mol. The number of para-hydroxylation sites is 1. The zero-order valence-corrected chi connectivity index (χ0v) is 21.0. The summed E-state index contributed by atoms with van der Waals surface area (Å²) in [5.41, 5.74) is 1.99. The van der Waals surface area contributed by atoms with Gasteiger partial charge in [0.1, 0.15) is 17.5 Å². The fourth-order valence-corrected chi connectivity index (χ4v) is 4.88. The fraction of sp³-hybridized carbons (Fsp3) is 0.481. The second-order valence-electron chi connectivity index (χ2n) is 9.26. The molecule has 2 aromatic carbocycles. The number of methoxy groups -OCH3 is 2. The Morgan fingerprint density at radius 3 is 2.43 bits per heavy atom. The summed E-state index contributed by atoms with van der Waals surface area (Å²) < 4.78 is 16.4. The Morgan fingerprint density at radius 2 is 1.74 bits per heavy atom. The molecule has 0 N–H and O–H groups in total. The van der Waals surface area contributed by atoms with Crippen molar-refractivity contribution in [2.45, 2.75) is 26.4 Å². The lowest BCUT2D eigenvalue weighted by molar-refractivity contribution is -0.124. The van der Waals surface area contributed by atoms with Gasteiger partial charge < -0.3 is 24.0 Å². The van der Waals surface area contributed by atoms with Crippen LogP contribution in [0.1, 0.15) is 29.8 Å². The first-order chi connectivity index (χ1) is 16.9. The Hall–Kier alpha value is -3.10. The van der Waals surface area contributed by atoms with Gasteiger partial charge in [-0.25, -0.2) is 0 Å². The Balaban J connectivity index is 1.71. The van der Waals surface area contributed by atoms with Gasteiger partial charge in [-0.1, -0.05) is 26.0 Å². The molecule has 0 aromatic heterocycles. The molecule has 1 unspecified atom stereocenters. The number of amides is 2. The largest absolute Gasteiger partial charge is 0.497 e. The third-order valence-electron chi connectivity index (χ3n) is 6.74. The first-order valence-electron chi connectivity index (χ1n) is 12.2. The van der Waals surface area contributed by atoms with Crippen LogP contribution in [-0.2, 0) is 16.1 Å². The number of hydrogen-bond donors (Lipinski definition) is 0. The van der Waals surface area contributed by atoms with E-state index in [1.165, 1.54) is 0 Å². The molecule has 188 valence electrons. The highest BCUT2D eigenvalue weighted by Gasteiger charge is 2.41. The van der Waals surface area contributed by atoms with Crippen LogP contribution in [-0.4, -0.2) is 81.3 Å². The molecule has 1 fully saturated rings. The number of carbonyl (C=O) groups is 2. The van der Waals surface area contributed by atoms with Crippen LogP contribution in [0.25, 0.3) is 0 Å². The summed E-state index contributed by atoms with van der Waals surface area (Å²) in [6.07, 6.45) is 0. The quantitative estimate of drug-likeness (QED) is 0.577. The van der Waals surface area contributed by atoms with Crippen LogP contribution in [0.15, 0.2) is 42.5 Å². The van der Waals surface area contributed by atoms with Crippen molar-refractivity contribution >= 4 is 17.5 Å². The SMILES string of the molecule is COc1ccc(OC)c(CN2C(=O)c3ccccc3N(CCN3CCOCC3)C(=O)C2C(C)C)c1. The van der Waals surface area contributed by atoms with Gasteiger partial charge in [-0.2, -0.15) is 0 Å². The highest BCUT2D eigenvalue weighted by atomic mass is 16.5. The summed E-state index contributed by atoms with van der Waals surface area (Å²) in [5.74, 6) is 1.02. The molecule has 0 radical (unpaired) electrons. The second-order valence-corrected chi connectivity index (χ2v) is 9.26. The number of anilines is 1. The molecule has 1 saturated heterocycles. The van der Waals surface area contributed by atoms with Crippen molar-refractivity contribution in [2.75, 3.05) is 58.5 Å². The van der Waals surface area contributed by atoms with Crippen molar-refractivity contribution in [3.8, 4) is 11.5 Å². The van der Waals surface area contributed by atoms with E-state index in [0.717, 1.165) is 25.2 Å². The standard InChI is InChI=1S/C27H35N3O5/c1-19(2)25-27(32)29(12-11-28-13-15-35-16-14-28)23-8-6-5-7-22(23)26(31)30(25)18-20-17-21(33-3)9-10-24(20)34-4/h5-10,17,19,25H,11-16,18H2,1-4H3. The minimum Gasteiger partial charge on any atom is -0.497 e. The molecule has 35 heavy (non-hydrogen) atoms. The number of benzene rings is 2. The van der Waals surface area contributed by atoms with Gasteiger partial charge >= 0.3 is 0 Å². The van der Waals surface area contributed by atoms with Gasteiger partial charge in [-0.15, -0.1) is 0 Å². The van der Waals surface area contributed by atoms with Crippen LogP contribution in [0.4, 0.5) is 5.69 Å². The van der Waals surface area contributed by atoms with E-state index in [9.17, 15) is 9.59 Å². The molecule has 8 heteroatoms. The third-order valence-corrected chi connectivity index (χ3v) is 6.74. The lowest BCUT2D eigenvalue weighted by atomic mass is 9.99. The molecular formula is C27H35N3O5. The smallest absolute Gasteiger partial charge is 0.256 e. The van der Waals surface area contributed by atoms with Gasteiger partial charge in [-0.3, -0.25) is 14.5 Å². The molecular weight excluding hydrogens is 446 g/mol. The number of hydrogen-bond acceptors (Lipinski definition) is 6. The van der Waals surface area contributed by atoms with Crippen LogP contribution in [0, 0.1) is 5.92 Å². The summed E-state index contributed by atoms with van der Waals surface area (Å²) in [7, 11) is 3.20. The highest BCUT2D eigenvalue weighted by molar-refractivity contribution is 6.11. The maximum absolute atomic E-state index is 14.1. The van der Waals surface area contributed by atoms with E-state index in [1.807, 2.05) is 56.3 Å². The number of nitrogens with zero attached hydrogens (tertiary/aromatic N) is 3. The maximum atomic E-state index is 14.1. The van der Waals surface area contributed by atoms with E-state index in [0.29, 0.717) is 42.5 Å². The van der Waals surface area contributed by atoms with E-state index in [1.54, 1.807) is 24.0 Å². The van der Waals surface area contributed by atoms with Crippen LogP contribution < -0.4 is 14.4 Å². The molecule has 0 saturated carbocycles. The molecule has 2 aliphatic rings. The van der Waals surface area contributed by atoms with E-state index in [4.69, 9.17) is 14.2 Å². The molecule has 0 aliphatic carbocycles. The van der Waals surface area contributed by atoms with Crippen molar-refractivity contribution in [1.29, 1.82) is 0 Å². The first kappa shape index (κ1) is 25.0. The Morgan fingerprint density at radius 1 is 1.00 bits per heavy atom. The minimum absolute atomic E-state index is 0.0616. The van der Waals surface area contributed by atoms with Crippen LogP contribution >= 0.6 is 0 Å². The maximum Gasteiger partial charge on any atom is 0.256 e. The zero-order chi connectivity index (χ0) is 24.9. The van der Waals surface area contributed by atoms with E-state index in [2.05, 4.69) is 4.90 Å². The molecule has 1 atom stereocenters. The van der Waals surface area contributed by atoms with Crippen molar-refractivity contribution in [3.63, 3.8) is 0 Å². The van der Waals surface area contributed by atoms with Crippen molar-refractivity contribution in [3.05, 3.63) is 53.6 Å². The highest BCUT2D eigenvalue weighted by Crippen LogP contribution is 2.33. The molecule has 4 rings (SSSR count). The lowest BCUT2D eigenvalue weighted by Gasteiger charge is -2.35. The Bertz CT molecular complexity index is 1050. The molecule has 2 amide bonds. The number of fused-ring (bicyclic) bond motifs is 1. The van der Waals surface area contributed by atoms with Crippen molar-refractivity contribution in [1.82, 2.24) is 9.80 Å². The summed E-state index contributed by atoms with van der Waals surface area (Å²) in [4.78, 5) is 33.8. The van der Waals surface area contributed by atoms with E-state index in [-0.39, 0.29) is 24.3 Å². The van der Waals surface area contributed by atoms with Crippen molar-refractivity contribution < 1.29 is 23.8 Å². The van der Waals surface area contributed by atoms with E-state index >= 15 is 0 Å². The predicted molar refractivity (Wildman–Crippen MR) is 134 cm³/mol. The summed E-state index contributed by atoms with van der Waals surface area (Å²) in [5, 5.41) is 0. The number of ether oxygens (including phenoxy) is 3. The summed E-state index contributed by atoms with van der Waals surface area (Å²) in [6, 6.07) is 12.3. The van der Waals surface area contributed by atoms with Gasteiger partial charge in [0, 0.05) is 31.7 Å². The van der Waals surface area contributed by atoms with Gasteiger partial charge in [0.2, 0.25) is 5.91 Å². The number of carbonyl (C=O) groups excluding carboxylic acids is 2. The minimum atomic E-state index is -0.615. The first-order valence-corrected chi connectivity index (χ1v) is 12.2. The molecule has 2 heterocycles. The normalized spacial score (nSPS) is 19.1. The van der Waals surface area contributed by atoms with Crippen LogP contribution in [0.3, 0.4) is 0 Å². The fourth-order valence-electron chi connectivity index (χ4n) is 4.88.